The number of hydrogen-bond donors (Lipinski definition) is 1. The molecule has 2 heterocycles. The van der Waals surface area contributed by atoms with Crippen molar-refractivity contribution >= 4 is 21.4 Å². The van der Waals surface area contributed by atoms with E-state index in [-0.39, 0.29) is 23.6 Å². The normalized spacial score (nSPS) is 28.5. The molecule has 1 aromatic heterocycles. The lowest BCUT2D eigenvalue weighted by atomic mass is 9.71. The molecular weight excluding hydrogens is 340 g/mol. The maximum Gasteiger partial charge on any atom is 0.0996 e. The van der Waals surface area contributed by atoms with E-state index in [9.17, 15) is 5.11 Å². The zero-order valence-corrected chi connectivity index (χ0v) is 16.5. The number of rotatable bonds is 3. The Morgan fingerprint density at radius 2 is 2.04 bits per heavy atom. The Balaban J connectivity index is 1.52. The van der Waals surface area contributed by atoms with Crippen molar-refractivity contribution in [2.24, 2.45) is 15.6 Å². The first-order valence-corrected chi connectivity index (χ1v) is 10.3. The highest BCUT2D eigenvalue weighted by Gasteiger charge is 2.31. The summed E-state index contributed by atoms with van der Waals surface area (Å²) in [7, 11) is 0. The fraction of sp³-hybridized carbons (Fsp3) is 0.455. The lowest BCUT2D eigenvalue weighted by Crippen LogP contribution is -2.27. The highest BCUT2D eigenvalue weighted by Crippen LogP contribution is 2.42. The van der Waals surface area contributed by atoms with Gasteiger partial charge < -0.3 is 5.11 Å². The SMILES string of the molecule is CC1=C(/C=C/C2CC(c3csc4ccccc34)N=N2)C(C)(C)CCC1O. The van der Waals surface area contributed by atoms with Gasteiger partial charge in [0.15, 0.2) is 0 Å². The third kappa shape index (κ3) is 3.17. The Bertz CT molecular complexity index is 906. The smallest absolute Gasteiger partial charge is 0.0996 e. The van der Waals surface area contributed by atoms with E-state index in [0.29, 0.717) is 0 Å². The van der Waals surface area contributed by atoms with Crippen molar-refractivity contribution in [2.75, 3.05) is 0 Å². The van der Waals surface area contributed by atoms with Crippen LogP contribution < -0.4 is 0 Å². The molecule has 2 aliphatic rings. The molecule has 26 heavy (non-hydrogen) atoms. The summed E-state index contributed by atoms with van der Waals surface area (Å²) in [5.74, 6) is 0. The fourth-order valence-electron chi connectivity index (χ4n) is 4.18. The van der Waals surface area contributed by atoms with E-state index in [1.165, 1.54) is 21.2 Å². The lowest BCUT2D eigenvalue weighted by Gasteiger charge is -2.35. The Kier molecular flexibility index (Phi) is 4.57. The molecule has 3 nitrogen and oxygen atoms in total. The largest absolute Gasteiger partial charge is 0.389 e. The summed E-state index contributed by atoms with van der Waals surface area (Å²) in [4.78, 5) is 0. The number of aliphatic hydroxyl groups is 1. The van der Waals surface area contributed by atoms with Gasteiger partial charge in [0.2, 0.25) is 0 Å². The quantitative estimate of drug-likeness (QED) is 0.688. The second-order valence-electron chi connectivity index (χ2n) is 8.13. The highest BCUT2D eigenvalue weighted by molar-refractivity contribution is 7.17. The molecular formula is C22H26N2OS. The Labute approximate surface area is 159 Å². The predicted octanol–water partition coefficient (Wildman–Crippen LogP) is 6.22. The van der Waals surface area contributed by atoms with Crippen molar-refractivity contribution in [1.82, 2.24) is 0 Å². The van der Waals surface area contributed by atoms with E-state index in [4.69, 9.17) is 0 Å². The molecule has 0 spiro atoms. The van der Waals surface area contributed by atoms with Crippen LogP contribution in [0, 0.1) is 5.41 Å². The van der Waals surface area contributed by atoms with E-state index in [2.05, 4.69) is 72.8 Å². The number of aliphatic hydroxyl groups excluding tert-OH is 1. The molecule has 0 saturated carbocycles. The van der Waals surface area contributed by atoms with E-state index in [0.717, 1.165) is 24.8 Å². The number of azo groups is 1. The van der Waals surface area contributed by atoms with E-state index in [1.807, 2.05) is 0 Å². The highest BCUT2D eigenvalue weighted by atomic mass is 32.1. The van der Waals surface area contributed by atoms with Gasteiger partial charge in [-0.1, -0.05) is 44.2 Å². The zero-order valence-electron chi connectivity index (χ0n) is 15.6. The minimum atomic E-state index is -0.308. The van der Waals surface area contributed by atoms with Crippen LogP contribution in [0.2, 0.25) is 0 Å². The molecule has 1 N–H and O–H groups in total. The molecule has 3 atom stereocenters. The summed E-state index contributed by atoms with van der Waals surface area (Å²) in [6.07, 6.45) is 6.85. The van der Waals surface area contributed by atoms with E-state index < -0.39 is 0 Å². The van der Waals surface area contributed by atoms with Crippen molar-refractivity contribution in [3.63, 3.8) is 0 Å². The molecule has 0 amide bonds. The first kappa shape index (κ1) is 17.6. The van der Waals surface area contributed by atoms with Gasteiger partial charge in [0, 0.05) is 11.1 Å². The number of hydrogen-bond acceptors (Lipinski definition) is 4. The van der Waals surface area contributed by atoms with Crippen LogP contribution in [0.15, 0.2) is 63.2 Å². The lowest BCUT2D eigenvalue weighted by molar-refractivity contribution is 0.163. The molecule has 1 aromatic carbocycles. The second-order valence-corrected chi connectivity index (χ2v) is 9.04. The summed E-state index contributed by atoms with van der Waals surface area (Å²) in [5.41, 5.74) is 3.77. The van der Waals surface area contributed by atoms with Crippen LogP contribution >= 0.6 is 11.3 Å². The number of allylic oxidation sites excluding steroid dienone is 2. The van der Waals surface area contributed by atoms with Gasteiger partial charge in [-0.2, -0.15) is 10.2 Å². The van der Waals surface area contributed by atoms with Crippen molar-refractivity contribution in [3.8, 4) is 0 Å². The third-order valence-electron chi connectivity index (χ3n) is 5.87. The van der Waals surface area contributed by atoms with Gasteiger partial charge in [0.05, 0.1) is 18.2 Å². The molecule has 1 aliphatic heterocycles. The average molecular weight is 367 g/mol. The van der Waals surface area contributed by atoms with Gasteiger partial charge in [-0.15, -0.1) is 11.3 Å². The minimum absolute atomic E-state index is 0.110. The van der Waals surface area contributed by atoms with Gasteiger partial charge in [-0.25, -0.2) is 0 Å². The van der Waals surface area contributed by atoms with Gasteiger partial charge in [0.1, 0.15) is 0 Å². The monoisotopic (exact) mass is 366 g/mol. The molecule has 3 unspecified atom stereocenters. The third-order valence-corrected chi connectivity index (χ3v) is 6.85. The second kappa shape index (κ2) is 6.75. The van der Waals surface area contributed by atoms with Crippen LogP contribution in [0.25, 0.3) is 10.1 Å². The fourth-order valence-corrected chi connectivity index (χ4v) is 5.19. The predicted molar refractivity (Wildman–Crippen MR) is 109 cm³/mol. The number of fused-ring (bicyclic) bond motifs is 1. The van der Waals surface area contributed by atoms with Gasteiger partial charge >= 0.3 is 0 Å². The Morgan fingerprint density at radius 3 is 2.88 bits per heavy atom. The summed E-state index contributed by atoms with van der Waals surface area (Å²) >= 11 is 1.78. The maximum absolute atomic E-state index is 10.2. The maximum atomic E-state index is 10.2. The summed E-state index contributed by atoms with van der Waals surface area (Å²) in [6.45, 7) is 6.58. The molecule has 0 bridgehead atoms. The summed E-state index contributed by atoms with van der Waals surface area (Å²) in [6, 6.07) is 8.79. The molecule has 4 heteroatoms. The number of benzene rings is 1. The van der Waals surface area contributed by atoms with Crippen molar-refractivity contribution in [1.29, 1.82) is 0 Å². The van der Waals surface area contributed by atoms with Crippen LogP contribution in [0.4, 0.5) is 0 Å². The first-order valence-electron chi connectivity index (χ1n) is 9.39. The van der Waals surface area contributed by atoms with E-state index >= 15 is 0 Å². The van der Waals surface area contributed by atoms with Crippen LogP contribution in [-0.4, -0.2) is 17.3 Å². The van der Waals surface area contributed by atoms with E-state index in [1.54, 1.807) is 11.3 Å². The Morgan fingerprint density at radius 1 is 1.23 bits per heavy atom. The number of thiophene rings is 1. The van der Waals surface area contributed by atoms with Crippen molar-refractivity contribution < 1.29 is 5.11 Å². The van der Waals surface area contributed by atoms with Crippen molar-refractivity contribution in [2.45, 2.75) is 58.2 Å². The molecule has 0 fully saturated rings. The van der Waals surface area contributed by atoms with Crippen LogP contribution in [0.3, 0.4) is 0 Å². The van der Waals surface area contributed by atoms with Gasteiger partial charge in [0.25, 0.3) is 0 Å². The Hall–Kier alpha value is -1.78. The standard InChI is InChI=1S/C22H26N2OS/c1-14-18(22(2,3)11-10-20(14)25)9-8-15-12-19(24-23-15)17-13-26-21-7-5-4-6-16(17)21/h4-9,13,15,19-20,25H,10-12H2,1-3H3/b9-8+. The first-order chi connectivity index (χ1) is 12.5. The zero-order chi connectivity index (χ0) is 18.3. The molecule has 0 radical (unpaired) electrons. The van der Waals surface area contributed by atoms with Gasteiger partial charge in [-0.05, 0) is 58.7 Å². The molecule has 2 aromatic rings. The van der Waals surface area contributed by atoms with Crippen LogP contribution in [0.1, 0.15) is 51.6 Å². The average Bonchev–Trinajstić information content (AvgIpc) is 3.25. The summed E-state index contributed by atoms with van der Waals surface area (Å²) < 4.78 is 1.32. The molecule has 0 saturated heterocycles. The molecule has 136 valence electrons. The summed E-state index contributed by atoms with van der Waals surface area (Å²) in [5, 5.41) is 22.8. The molecule has 1 aliphatic carbocycles. The molecule has 4 rings (SSSR count). The van der Waals surface area contributed by atoms with Crippen LogP contribution in [-0.2, 0) is 0 Å². The number of nitrogens with zero attached hydrogens (tertiary/aromatic N) is 2. The van der Waals surface area contributed by atoms with Crippen LogP contribution in [0.5, 0.6) is 0 Å². The topological polar surface area (TPSA) is 45.0 Å². The minimum Gasteiger partial charge on any atom is -0.389 e. The van der Waals surface area contributed by atoms with Crippen molar-refractivity contribution in [3.05, 3.63) is 58.5 Å². The van der Waals surface area contributed by atoms with Gasteiger partial charge in [-0.3, -0.25) is 0 Å².